The predicted molar refractivity (Wildman–Crippen MR) is 38.1 cm³/mol. The number of ether oxygens (including phenoxy) is 1. The van der Waals surface area contributed by atoms with Crippen LogP contribution in [0.15, 0.2) is 23.7 Å². The zero-order valence-electron chi connectivity index (χ0n) is 5.68. The van der Waals surface area contributed by atoms with Crippen molar-refractivity contribution in [1.82, 2.24) is 10.6 Å². The van der Waals surface area contributed by atoms with E-state index in [1.54, 1.807) is 0 Å². The molecule has 54 valence electrons. The first-order valence-corrected chi connectivity index (χ1v) is 3.47. The summed E-state index contributed by atoms with van der Waals surface area (Å²) >= 11 is 0. The molecule has 0 atom stereocenters. The molecule has 0 spiro atoms. The van der Waals surface area contributed by atoms with Gasteiger partial charge in [0.05, 0.1) is 5.70 Å². The highest BCUT2D eigenvalue weighted by atomic mass is 16.5. The maximum absolute atomic E-state index is 5.35. The molecule has 2 aliphatic rings. The molecule has 3 nitrogen and oxygen atoms in total. The molecule has 0 aromatic rings. The molecule has 2 aliphatic heterocycles. The fourth-order valence-electron chi connectivity index (χ4n) is 1.12. The molecule has 0 unspecified atom stereocenters. The van der Waals surface area contributed by atoms with Gasteiger partial charge in [-0.2, -0.15) is 0 Å². The SMILES string of the molecule is C1=C2NCCOC2=CNC1. The summed E-state index contributed by atoms with van der Waals surface area (Å²) in [7, 11) is 0. The number of fused-ring (bicyclic) bond motifs is 1. The van der Waals surface area contributed by atoms with Crippen molar-refractivity contribution in [2.75, 3.05) is 19.7 Å². The van der Waals surface area contributed by atoms with E-state index < -0.39 is 0 Å². The van der Waals surface area contributed by atoms with E-state index in [9.17, 15) is 0 Å². The van der Waals surface area contributed by atoms with E-state index in [4.69, 9.17) is 4.74 Å². The highest BCUT2D eigenvalue weighted by molar-refractivity contribution is 5.28. The van der Waals surface area contributed by atoms with Gasteiger partial charge < -0.3 is 15.4 Å². The molecule has 3 heteroatoms. The van der Waals surface area contributed by atoms with Crippen molar-refractivity contribution in [3.05, 3.63) is 23.7 Å². The third kappa shape index (κ3) is 0.835. The standard InChI is InChI=1S/C7H10N2O/c1-2-8-5-7-6(1)9-3-4-10-7/h1,5,8-9H,2-4H2. The first kappa shape index (κ1) is 5.65. The van der Waals surface area contributed by atoms with Crippen LogP contribution in [0, 0.1) is 0 Å². The van der Waals surface area contributed by atoms with Crippen LogP contribution in [-0.4, -0.2) is 19.7 Å². The minimum atomic E-state index is 0.769. The lowest BCUT2D eigenvalue weighted by atomic mass is 10.2. The third-order valence-corrected chi connectivity index (χ3v) is 1.60. The van der Waals surface area contributed by atoms with Crippen LogP contribution in [0.3, 0.4) is 0 Å². The van der Waals surface area contributed by atoms with E-state index in [2.05, 4.69) is 16.7 Å². The molecule has 1 fully saturated rings. The van der Waals surface area contributed by atoms with Crippen molar-refractivity contribution in [1.29, 1.82) is 0 Å². The molecule has 2 rings (SSSR count). The van der Waals surface area contributed by atoms with Gasteiger partial charge in [-0.3, -0.25) is 0 Å². The maximum atomic E-state index is 5.35. The fourth-order valence-corrected chi connectivity index (χ4v) is 1.12. The van der Waals surface area contributed by atoms with Crippen LogP contribution in [0.25, 0.3) is 0 Å². The topological polar surface area (TPSA) is 33.3 Å². The molecule has 0 radical (unpaired) electrons. The van der Waals surface area contributed by atoms with Crippen LogP contribution in [0.1, 0.15) is 0 Å². The van der Waals surface area contributed by atoms with Gasteiger partial charge in [-0.05, 0) is 6.08 Å². The molecule has 0 saturated carbocycles. The van der Waals surface area contributed by atoms with Crippen molar-refractivity contribution in [3.8, 4) is 0 Å². The van der Waals surface area contributed by atoms with Crippen LogP contribution in [0.2, 0.25) is 0 Å². The predicted octanol–water partition coefficient (Wildman–Crippen LogP) is -0.0653. The van der Waals surface area contributed by atoms with E-state index in [0.29, 0.717) is 0 Å². The second-order valence-corrected chi connectivity index (χ2v) is 2.31. The lowest BCUT2D eigenvalue weighted by Gasteiger charge is -2.23. The Kier molecular flexibility index (Phi) is 1.27. The normalized spacial score (nSPS) is 22.4. The van der Waals surface area contributed by atoms with Gasteiger partial charge in [-0.15, -0.1) is 0 Å². The second kappa shape index (κ2) is 2.25. The molecule has 0 aliphatic carbocycles. The lowest BCUT2D eigenvalue weighted by molar-refractivity contribution is 0.193. The third-order valence-electron chi connectivity index (χ3n) is 1.60. The molecule has 0 aromatic heterocycles. The Morgan fingerprint density at radius 1 is 1.50 bits per heavy atom. The average Bonchev–Trinajstić information content (AvgIpc) is 2.05. The second-order valence-electron chi connectivity index (χ2n) is 2.31. The fraction of sp³-hybridized carbons (Fsp3) is 0.429. The van der Waals surface area contributed by atoms with Gasteiger partial charge in [0.1, 0.15) is 6.61 Å². The highest BCUT2D eigenvalue weighted by Crippen LogP contribution is 2.13. The van der Waals surface area contributed by atoms with E-state index in [-0.39, 0.29) is 0 Å². The lowest BCUT2D eigenvalue weighted by Crippen LogP contribution is -2.31. The molecule has 0 bridgehead atoms. The number of dihydropyridines is 1. The summed E-state index contributed by atoms with van der Waals surface area (Å²) in [5.41, 5.74) is 1.13. The quantitative estimate of drug-likeness (QED) is 0.492. The summed E-state index contributed by atoms with van der Waals surface area (Å²) < 4.78 is 5.35. The largest absolute Gasteiger partial charge is 0.488 e. The highest BCUT2D eigenvalue weighted by Gasteiger charge is 2.13. The van der Waals surface area contributed by atoms with Gasteiger partial charge in [0, 0.05) is 19.3 Å². The van der Waals surface area contributed by atoms with Crippen LogP contribution in [0.5, 0.6) is 0 Å². The van der Waals surface area contributed by atoms with E-state index >= 15 is 0 Å². The van der Waals surface area contributed by atoms with Gasteiger partial charge in [0.2, 0.25) is 0 Å². The first-order valence-electron chi connectivity index (χ1n) is 3.47. The number of hydrogen-bond donors (Lipinski definition) is 2. The van der Waals surface area contributed by atoms with Crippen LogP contribution in [0.4, 0.5) is 0 Å². The summed E-state index contributed by atoms with van der Waals surface area (Å²) in [5.74, 6) is 0.942. The summed E-state index contributed by atoms with van der Waals surface area (Å²) in [6.45, 7) is 2.59. The van der Waals surface area contributed by atoms with Crippen molar-refractivity contribution < 1.29 is 4.74 Å². The minimum Gasteiger partial charge on any atom is -0.488 e. The van der Waals surface area contributed by atoms with Crippen molar-refractivity contribution in [2.45, 2.75) is 0 Å². The molecule has 2 heterocycles. The smallest absolute Gasteiger partial charge is 0.157 e. The summed E-state index contributed by atoms with van der Waals surface area (Å²) in [6, 6.07) is 0. The number of morpholine rings is 1. The molecule has 0 aromatic carbocycles. The van der Waals surface area contributed by atoms with Crippen LogP contribution < -0.4 is 10.6 Å². The Hall–Kier alpha value is -1.12. The van der Waals surface area contributed by atoms with Gasteiger partial charge in [0.25, 0.3) is 0 Å². The van der Waals surface area contributed by atoms with E-state index in [1.165, 1.54) is 0 Å². The summed E-state index contributed by atoms with van der Waals surface area (Å²) in [4.78, 5) is 0. The summed E-state index contributed by atoms with van der Waals surface area (Å²) in [5, 5.41) is 6.33. The molecule has 1 saturated heterocycles. The molecular formula is C7H10N2O. The summed E-state index contributed by atoms with van der Waals surface area (Å²) in [6.07, 6.45) is 4.00. The van der Waals surface area contributed by atoms with Crippen LogP contribution in [-0.2, 0) is 4.74 Å². The minimum absolute atomic E-state index is 0.769. The monoisotopic (exact) mass is 138 g/mol. The molecule has 10 heavy (non-hydrogen) atoms. The molecule has 2 N–H and O–H groups in total. The number of nitrogens with one attached hydrogen (secondary N) is 2. The van der Waals surface area contributed by atoms with Crippen molar-refractivity contribution in [2.24, 2.45) is 0 Å². The molecule has 0 amide bonds. The van der Waals surface area contributed by atoms with Crippen molar-refractivity contribution in [3.63, 3.8) is 0 Å². The van der Waals surface area contributed by atoms with Gasteiger partial charge in [-0.25, -0.2) is 0 Å². The maximum Gasteiger partial charge on any atom is 0.157 e. The Morgan fingerprint density at radius 3 is 3.40 bits per heavy atom. The molecular weight excluding hydrogens is 128 g/mol. The van der Waals surface area contributed by atoms with Gasteiger partial charge in [0.15, 0.2) is 5.76 Å². The van der Waals surface area contributed by atoms with Gasteiger partial charge in [-0.1, -0.05) is 0 Å². The average molecular weight is 138 g/mol. The Labute approximate surface area is 59.8 Å². The van der Waals surface area contributed by atoms with Crippen LogP contribution >= 0.6 is 0 Å². The van der Waals surface area contributed by atoms with E-state index in [0.717, 1.165) is 31.2 Å². The van der Waals surface area contributed by atoms with Gasteiger partial charge >= 0.3 is 0 Å². The van der Waals surface area contributed by atoms with E-state index in [1.807, 2.05) is 6.20 Å². The first-order chi connectivity index (χ1) is 4.97. The Bertz CT molecular complexity index is 174. The number of rotatable bonds is 0. The zero-order valence-corrected chi connectivity index (χ0v) is 5.68. The zero-order chi connectivity index (χ0) is 6.81. The number of hydrogen-bond acceptors (Lipinski definition) is 3. The van der Waals surface area contributed by atoms with Crippen molar-refractivity contribution >= 4 is 0 Å². The Balaban J connectivity index is 2.19. The Morgan fingerprint density at radius 2 is 2.50 bits per heavy atom.